The molecule has 5 nitrogen and oxygen atoms in total. The van der Waals surface area contributed by atoms with Crippen LogP contribution >= 0.6 is 0 Å². The second-order valence-electron chi connectivity index (χ2n) is 6.49. The lowest BCUT2D eigenvalue weighted by atomic mass is 10.1. The van der Waals surface area contributed by atoms with Crippen LogP contribution in [0.15, 0.2) is 48.5 Å². The summed E-state index contributed by atoms with van der Waals surface area (Å²) in [5, 5.41) is 2.63. The fourth-order valence-corrected chi connectivity index (χ4v) is 3.95. The van der Waals surface area contributed by atoms with Gasteiger partial charge in [-0.1, -0.05) is 35.9 Å². The average molecular weight is 414 g/mol. The Labute approximate surface area is 162 Å². The molecule has 2 aromatic rings. The van der Waals surface area contributed by atoms with E-state index in [0.29, 0.717) is 10.4 Å². The number of anilines is 1. The van der Waals surface area contributed by atoms with Crippen molar-refractivity contribution < 1.29 is 26.4 Å². The first-order valence-electron chi connectivity index (χ1n) is 8.39. The number of rotatable bonds is 6. The molecule has 1 N–H and O–H groups in total. The summed E-state index contributed by atoms with van der Waals surface area (Å²) in [4.78, 5) is 12.5. The van der Waals surface area contributed by atoms with E-state index >= 15 is 0 Å². The summed E-state index contributed by atoms with van der Waals surface area (Å²) in [7, 11) is -4.01. The second kappa shape index (κ2) is 8.22. The number of alkyl halides is 3. The zero-order valence-electron chi connectivity index (χ0n) is 15.6. The molecular formula is C19H21F3N2O3S. The lowest BCUT2D eigenvalue weighted by Crippen LogP contribution is -2.47. The van der Waals surface area contributed by atoms with Crippen LogP contribution in [-0.2, 0) is 27.5 Å². The minimum atomic E-state index is -4.63. The minimum Gasteiger partial charge on any atom is -0.350 e. The van der Waals surface area contributed by atoms with Crippen molar-refractivity contribution in [3.63, 3.8) is 0 Å². The summed E-state index contributed by atoms with van der Waals surface area (Å²) in [6.07, 6.45) is -3.78. The van der Waals surface area contributed by atoms with Crippen molar-refractivity contribution in [3.05, 3.63) is 65.2 Å². The molecule has 0 spiro atoms. The molecule has 2 aromatic carbocycles. The number of carbonyl (C=O) groups is 1. The Kier molecular flexibility index (Phi) is 6.38. The number of nitrogens with zero attached hydrogens (tertiary/aromatic N) is 1. The lowest BCUT2D eigenvalue weighted by Gasteiger charge is -2.28. The molecule has 0 saturated heterocycles. The van der Waals surface area contributed by atoms with Gasteiger partial charge < -0.3 is 5.32 Å². The van der Waals surface area contributed by atoms with Gasteiger partial charge in [0.2, 0.25) is 15.9 Å². The molecule has 2 rings (SSSR count). The molecule has 0 aromatic heterocycles. The number of amides is 1. The molecule has 1 atom stereocenters. The first-order chi connectivity index (χ1) is 12.9. The monoisotopic (exact) mass is 414 g/mol. The molecule has 0 aliphatic heterocycles. The van der Waals surface area contributed by atoms with E-state index in [0.717, 1.165) is 29.5 Å². The van der Waals surface area contributed by atoms with Gasteiger partial charge in [-0.25, -0.2) is 8.42 Å². The molecular weight excluding hydrogens is 393 g/mol. The van der Waals surface area contributed by atoms with E-state index in [1.54, 1.807) is 6.07 Å². The highest BCUT2D eigenvalue weighted by molar-refractivity contribution is 7.92. The van der Waals surface area contributed by atoms with Gasteiger partial charge in [0.25, 0.3) is 0 Å². The van der Waals surface area contributed by atoms with Crippen LogP contribution in [-0.4, -0.2) is 26.6 Å². The standard InChI is InChI=1S/C19H21F3N2O3S/c1-13-6-4-7-15(10-13)12-23-18(25)14(2)24(28(3,26)27)17-9-5-8-16(11-17)19(20,21)22/h4-11,14H,12H2,1-3H3,(H,23,25)/t14-/m0/s1. The molecule has 0 aliphatic rings. The Morgan fingerprint density at radius 3 is 2.36 bits per heavy atom. The van der Waals surface area contributed by atoms with Gasteiger partial charge in [-0.05, 0) is 37.6 Å². The van der Waals surface area contributed by atoms with Crippen LogP contribution in [0.3, 0.4) is 0 Å². The van der Waals surface area contributed by atoms with Gasteiger partial charge in [0.15, 0.2) is 0 Å². The molecule has 0 bridgehead atoms. The third-order valence-corrected chi connectivity index (χ3v) is 5.31. The molecule has 0 heterocycles. The quantitative estimate of drug-likeness (QED) is 0.787. The summed E-state index contributed by atoms with van der Waals surface area (Å²) in [6.45, 7) is 3.39. The van der Waals surface area contributed by atoms with Crippen molar-refractivity contribution in [1.29, 1.82) is 0 Å². The molecule has 0 aliphatic carbocycles. The average Bonchev–Trinajstić information content (AvgIpc) is 2.58. The maximum absolute atomic E-state index is 13.0. The Morgan fingerprint density at radius 1 is 1.14 bits per heavy atom. The van der Waals surface area contributed by atoms with Gasteiger partial charge in [-0.2, -0.15) is 13.2 Å². The maximum Gasteiger partial charge on any atom is 0.416 e. The van der Waals surface area contributed by atoms with Crippen molar-refractivity contribution in [2.75, 3.05) is 10.6 Å². The first-order valence-corrected chi connectivity index (χ1v) is 10.2. The fraction of sp³-hybridized carbons (Fsp3) is 0.316. The Hall–Kier alpha value is -2.55. The minimum absolute atomic E-state index is 0.172. The number of benzene rings is 2. The zero-order chi connectivity index (χ0) is 21.1. The summed E-state index contributed by atoms with van der Waals surface area (Å²) in [5.74, 6) is -0.621. The van der Waals surface area contributed by atoms with Crippen molar-refractivity contribution in [2.24, 2.45) is 0 Å². The summed E-state index contributed by atoms with van der Waals surface area (Å²) in [5.41, 5.74) is 0.605. The fourth-order valence-electron chi connectivity index (χ4n) is 2.79. The predicted molar refractivity (Wildman–Crippen MR) is 101 cm³/mol. The number of carbonyl (C=O) groups excluding carboxylic acids is 1. The van der Waals surface area contributed by atoms with Gasteiger partial charge in [0.05, 0.1) is 17.5 Å². The van der Waals surface area contributed by atoms with Crippen LogP contribution in [0.5, 0.6) is 0 Å². The third kappa shape index (κ3) is 5.48. The van der Waals surface area contributed by atoms with Crippen LogP contribution in [0.25, 0.3) is 0 Å². The smallest absolute Gasteiger partial charge is 0.350 e. The molecule has 0 fully saturated rings. The van der Waals surface area contributed by atoms with E-state index in [4.69, 9.17) is 0 Å². The highest BCUT2D eigenvalue weighted by Gasteiger charge is 2.34. The van der Waals surface area contributed by atoms with E-state index < -0.39 is 33.7 Å². The Balaban J connectivity index is 2.27. The largest absolute Gasteiger partial charge is 0.416 e. The van der Waals surface area contributed by atoms with Crippen molar-refractivity contribution in [2.45, 2.75) is 32.6 Å². The van der Waals surface area contributed by atoms with Crippen LogP contribution in [0.1, 0.15) is 23.6 Å². The first kappa shape index (κ1) is 21.7. The van der Waals surface area contributed by atoms with Gasteiger partial charge in [-0.3, -0.25) is 9.10 Å². The van der Waals surface area contributed by atoms with Gasteiger partial charge >= 0.3 is 6.18 Å². The number of nitrogens with one attached hydrogen (secondary N) is 1. The van der Waals surface area contributed by atoms with Crippen LogP contribution in [0.2, 0.25) is 0 Å². The molecule has 28 heavy (non-hydrogen) atoms. The predicted octanol–water partition coefficient (Wildman–Crippen LogP) is 3.48. The van der Waals surface area contributed by atoms with Crippen LogP contribution in [0, 0.1) is 6.92 Å². The molecule has 0 saturated carbocycles. The topological polar surface area (TPSA) is 66.5 Å². The normalized spacial score (nSPS) is 13.1. The highest BCUT2D eigenvalue weighted by atomic mass is 32.2. The highest BCUT2D eigenvalue weighted by Crippen LogP contribution is 2.32. The van der Waals surface area contributed by atoms with Crippen molar-refractivity contribution >= 4 is 21.6 Å². The second-order valence-corrected chi connectivity index (χ2v) is 8.35. The Morgan fingerprint density at radius 2 is 1.79 bits per heavy atom. The van der Waals surface area contributed by atoms with Gasteiger partial charge in [0, 0.05) is 6.54 Å². The lowest BCUT2D eigenvalue weighted by molar-refractivity contribution is -0.137. The Bertz CT molecular complexity index is 959. The zero-order valence-corrected chi connectivity index (χ0v) is 16.4. The van der Waals surface area contributed by atoms with E-state index in [1.165, 1.54) is 13.0 Å². The molecule has 0 unspecified atom stereocenters. The molecule has 152 valence electrons. The summed E-state index contributed by atoms with van der Waals surface area (Å²) >= 11 is 0. The molecule has 0 radical (unpaired) electrons. The van der Waals surface area contributed by atoms with E-state index in [1.807, 2.05) is 25.1 Å². The van der Waals surface area contributed by atoms with Crippen LogP contribution < -0.4 is 9.62 Å². The number of halogens is 3. The van der Waals surface area contributed by atoms with Gasteiger partial charge in [-0.15, -0.1) is 0 Å². The summed E-state index contributed by atoms with van der Waals surface area (Å²) in [6, 6.07) is 10.0. The van der Waals surface area contributed by atoms with Crippen LogP contribution in [0.4, 0.5) is 18.9 Å². The van der Waals surface area contributed by atoms with E-state index in [2.05, 4.69) is 5.32 Å². The van der Waals surface area contributed by atoms with Crippen molar-refractivity contribution in [1.82, 2.24) is 5.32 Å². The number of sulfonamides is 1. The summed E-state index contributed by atoms with van der Waals surface area (Å²) < 4.78 is 64.1. The maximum atomic E-state index is 13.0. The number of hydrogen-bond donors (Lipinski definition) is 1. The number of hydrogen-bond acceptors (Lipinski definition) is 3. The van der Waals surface area contributed by atoms with E-state index in [9.17, 15) is 26.4 Å². The molecule has 9 heteroatoms. The van der Waals surface area contributed by atoms with Crippen molar-refractivity contribution in [3.8, 4) is 0 Å². The number of aryl methyl sites for hydroxylation is 1. The molecule has 1 amide bonds. The van der Waals surface area contributed by atoms with Gasteiger partial charge in [0.1, 0.15) is 6.04 Å². The SMILES string of the molecule is Cc1cccc(CNC(=O)[C@H](C)N(c2cccc(C(F)(F)F)c2)S(C)(=O)=O)c1. The van der Waals surface area contributed by atoms with E-state index in [-0.39, 0.29) is 12.2 Å². The third-order valence-electron chi connectivity index (χ3n) is 4.07.